The van der Waals surface area contributed by atoms with E-state index in [1.807, 2.05) is 0 Å². The second kappa shape index (κ2) is 10.7. The predicted octanol–water partition coefficient (Wildman–Crippen LogP) is 4.37. The third kappa shape index (κ3) is 6.01. The van der Waals surface area contributed by atoms with Gasteiger partial charge in [-0.15, -0.1) is 0 Å². The first-order valence-corrected chi connectivity index (χ1v) is 10.4. The zero-order chi connectivity index (χ0) is 19.6. The quantitative estimate of drug-likeness (QED) is 0.593. The number of carboxylic acids is 1. The van der Waals surface area contributed by atoms with Crippen LogP contribution in [0.5, 0.6) is 0 Å². The molecule has 0 aliphatic carbocycles. The second-order valence-electron chi connectivity index (χ2n) is 7.56. The molecule has 0 saturated heterocycles. The summed E-state index contributed by atoms with van der Waals surface area (Å²) < 4.78 is 0. The van der Waals surface area contributed by atoms with Crippen molar-refractivity contribution in [2.24, 2.45) is 0 Å². The molecule has 3 rings (SSSR count). The molecule has 0 saturated carbocycles. The van der Waals surface area contributed by atoms with E-state index in [-0.39, 0.29) is 0 Å². The lowest BCUT2D eigenvalue weighted by atomic mass is 9.95. The summed E-state index contributed by atoms with van der Waals surface area (Å²) in [4.78, 5) is 24.1. The van der Waals surface area contributed by atoms with Gasteiger partial charge in [-0.1, -0.05) is 31.7 Å². The standard InChI is InChI=1S/C22H30N4O2/c27-22(28)20(18-14-23-16-24-15-18)10-5-3-1-2-4-9-19-12-11-17-8-6-7-13-25-21(17)26-19/h11-12,14-16,20H,1-10,13H2,(H,25,26)(H,27,28). The SMILES string of the molecule is O=C(O)C(CCCCCCCc1ccc2c(n1)NCCCC2)c1cncnc1. The average molecular weight is 383 g/mol. The lowest BCUT2D eigenvalue weighted by Crippen LogP contribution is -2.12. The molecule has 0 spiro atoms. The topological polar surface area (TPSA) is 88.0 Å². The van der Waals surface area contributed by atoms with Gasteiger partial charge in [-0.2, -0.15) is 0 Å². The molecule has 1 atom stereocenters. The fraction of sp³-hybridized carbons (Fsp3) is 0.545. The Bertz CT molecular complexity index is 751. The number of rotatable bonds is 10. The van der Waals surface area contributed by atoms with Gasteiger partial charge in [-0.25, -0.2) is 15.0 Å². The molecule has 1 aliphatic rings. The monoisotopic (exact) mass is 382 g/mol. The Kier molecular flexibility index (Phi) is 7.76. The van der Waals surface area contributed by atoms with Crippen LogP contribution in [0, 0.1) is 0 Å². The van der Waals surface area contributed by atoms with Gasteiger partial charge in [0.2, 0.25) is 0 Å². The number of unbranched alkanes of at least 4 members (excludes halogenated alkanes) is 4. The first-order chi connectivity index (χ1) is 13.7. The Labute approximate surface area is 166 Å². The summed E-state index contributed by atoms with van der Waals surface area (Å²) in [6.07, 6.45) is 15.2. The van der Waals surface area contributed by atoms with Crippen LogP contribution in [-0.2, 0) is 17.6 Å². The van der Waals surface area contributed by atoms with E-state index in [4.69, 9.17) is 4.98 Å². The van der Waals surface area contributed by atoms with E-state index in [0.29, 0.717) is 12.0 Å². The van der Waals surface area contributed by atoms with Gasteiger partial charge in [0.25, 0.3) is 0 Å². The Hall–Kier alpha value is -2.50. The Morgan fingerprint density at radius 3 is 2.68 bits per heavy atom. The minimum atomic E-state index is -0.794. The highest BCUT2D eigenvalue weighted by molar-refractivity contribution is 5.75. The number of pyridine rings is 1. The van der Waals surface area contributed by atoms with Crippen LogP contribution in [0.25, 0.3) is 0 Å². The van der Waals surface area contributed by atoms with Crippen LogP contribution in [-0.4, -0.2) is 32.6 Å². The maximum atomic E-state index is 11.5. The molecule has 1 aliphatic heterocycles. The molecule has 6 heteroatoms. The van der Waals surface area contributed by atoms with Gasteiger partial charge in [0.1, 0.15) is 12.1 Å². The number of nitrogens with one attached hydrogen (secondary N) is 1. The second-order valence-corrected chi connectivity index (χ2v) is 7.56. The summed E-state index contributed by atoms with van der Waals surface area (Å²) in [6.45, 7) is 1.02. The summed E-state index contributed by atoms with van der Waals surface area (Å²) in [5.74, 6) is -0.213. The van der Waals surface area contributed by atoms with Gasteiger partial charge in [0, 0.05) is 30.2 Å². The number of carboxylic acid groups (broad SMARTS) is 1. The van der Waals surface area contributed by atoms with E-state index in [1.54, 1.807) is 12.4 Å². The minimum Gasteiger partial charge on any atom is -0.481 e. The van der Waals surface area contributed by atoms with Crippen LogP contribution < -0.4 is 5.32 Å². The third-order valence-electron chi connectivity index (χ3n) is 5.41. The molecule has 1 unspecified atom stereocenters. The van der Waals surface area contributed by atoms with Crippen LogP contribution in [0.15, 0.2) is 30.9 Å². The summed E-state index contributed by atoms with van der Waals surface area (Å²) in [6, 6.07) is 4.40. The summed E-state index contributed by atoms with van der Waals surface area (Å²) in [5, 5.41) is 12.9. The van der Waals surface area contributed by atoms with Gasteiger partial charge < -0.3 is 10.4 Å². The highest BCUT2D eigenvalue weighted by Crippen LogP contribution is 2.23. The summed E-state index contributed by atoms with van der Waals surface area (Å²) in [5.41, 5.74) is 3.21. The first-order valence-electron chi connectivity index (χ1n) is 10.4. The van der Waals surface area contributed by atoms with E-state index in [1.165, 1.54) is 30.4 Å². The van der Waals surface area contributed by atoms with E-state index in [0.717, 1.165) is 57.3 Å². The van der Waals surface area contributed by atoms with Gasteiger partial charge in [-0.3, -0.25) is 4.79 Å². The van der Waals surface area contributed by atoms with Crippen LogP contribution in [0.4, 0.5) is 5.82 Å². The lowest BCUT2D eigenvalue weighted by molar-refractivity contribution is -0.139. The highest BCUT2D eigenvalue weighted by atomic mass is 16.4. The van der Waals surface area contributed by atoms with Crippen LogP contribution in [0.1, 0.15) is 74.1 Å². The van der Waals surface area contributed by atoms with Crippen LogP contribution in [0.2, 0.25) is 0 Å². The molecule has 28 heavy (non-hydrogen) atoms. The molecule has 0 bridgehead atoms. The highest BCUT2D eigenvalue weighted by Gasteiger charge is 2.19. The first kappa shape index (κ1) is 20.2. The predicted molar refractivity (Wildman–Crippen MR) is 109 cm³/mol. The molecule has 2 aromatic rings. The number of carbonyl (C=O) groups is 1. The average Bonchev–Trinajstić information content (AvgIpc) is 2.95. The normalized spacial score (nSPS) is 14.6. The largest absolute Gasteiger partial charge is 0.481 e. The van der Waals surface area contributed by atoms with E-state index in [2.05, 4.69) is 27.4 Å². The molecule has 0 fully saturated rings. The zero-order valence-corrected chi connectivity index (χ0v) is 16.4. The molecular weight excluding hydrogens is 352 g/mol. The van der Waals surface area contributed by atoms with E-state index in [9.17, 15) is 9.90 Å². The van der Waals surface area contributed by atoms with Crippen molar-refractivity contribution in [1.82, 2.24) is 15.0 Å². The molecule has 3 heterocycles. The van der Waals surface area contributed by atoms with Gasteiger partial charge in [0.05, 0.1) is 5.92 Å². The lowest BCUT2D eigenvalue weighted by Gasteiger charge is -2.11. The van der Waals surface area contributed by atoms with Crippen molar-refractivity contribution in [2.45, 2.75) is 70.1 Å². The Morgan fingerprint density at radius 1 is 1.07 bits per heavy atom. The molecular formula is C22H30N4O2. The number of aryl methyl sites for hydroxylation is 2. The maximum Gasteiger partial charge on any atom is 0.311 e. The third-order valence-corrected chi connectivity index (χ3v) is 5.41. The number of fused-ring (bicyclic) bond motifs is 1. The number of anilines is 1. The molecule has 2 N–H and O–H groups in total. The maximum absolute atomic E-state index is 11.5. The van der Waals surface area contributed by atoms with Gasteiger partial charge >= 0.3 is 5.97 Å². The Morgan fingerprint density at radius 2 is 1.86 bits per heavy atom. The van der Waals surface area contributed by atoms with Gasteiger partial charge in [0.15, 0.2) is 0 Å². The van der Waals surface area contributed by atoms with Crippen LogP contribution in [0.3, 0.4) is 0 Å². The molecule has 2 aromatic heterocycles. The van der Waals surface area contributed by atoms with Crippen molar-refractivity contribution in [3.8, 4) is 0 Å². The van der Waals surface area contributed by atoms with Crippen molar-refractivity contribution in [3.63, 3.8) is 0 Å². The van der Waals surface area contributed by atoms with Gasteiger partial charge in [-0.05, 0) is 50.2 Å². The minimum absolute atomic E-state index is 0.502. The van der Waals surface area contributed by atoms with Crippen LogP contribution >= 0.6 is 0 Å². The fourth-order valence-corrected chi connectivity index (χ4v) is 3.78. The summed E-state index contributed by atoms with van der Waals surface area (Å²) in [7, 11) is 0. The molecule has 0 aromatic carbocycles. The van der Waals surface area contributed by atoms with Crippen molar-refractivity contribution in [1.29, 1.82) is 0 Å². The molecule has 0 amide bonds. The molecule has 150 valence electrons. The number of nitrogens with zero attached hydrogens (tertiary/aromatic N) is 3. The number of hydrogen-bond donors (Lipinski definition) is 2. The van der Waals surface area contributed by atoms with Crippen molar-refractivity contribution >= 4 is 11.8 Å². The van der Waals surface area contributed by atoms with E-state index < -0.39 is 11.9 Å². The van der Waals surface area contributed by atoms with Crippen molar-refractivity contribution < 1.29 is 9.90 Å². The molecule has 6 nitrogen and oxygen atoms in total. The smallest absolute Gasteiger partial charge is 0.311 e. The zero-order valence-electron chi connectivity index (χ0n) is 16.4. The van der Waals surface area contributed by atoms with E-state index >= 15 is 0 Å². The number of hydrogen-bond acceptors (Lipinski definition) is 5. The number of aliphatic carboxylic acids is 1. The van der Waals surface area contributed by atoms with Crippen molar-refractivity contribution in [3.05, 3.63) is 47.7 Å². The molecule has 0 radical (unpaired) electrons. The fourth-order valence-electron chi connectivity index (χ4n) is 3.78. The Balaban J connectivity index is 1.34. The number of aromatic nitrogens is 3. The van der Waals surface area contributed by atoms with Crippen molar-refractivity contribution in [2.75, 3.05) is 11.9 Å². The summed E-state index contributed by atoms with van der Waals surface area (Å²) >= 11 is 0.